The zero-order chi connectivity index (χ0) is 17.8. The maximum atomic E-state index is 4.34. The van der Waals surface area contributed by atoms with Crippen molar-refractivity contribution in [1.82, 2.24) is 20.4 Å². The quantitative estimate of drug-likeness (QED) is 0.224. The second-order valence-electron chi connectivity index (χ2n) is 7.30. The molecular formula is C19H42IN5. The topological polar surface area (TPSA) is 42.9 Å². The Bertz CT molecular complexity index is 349. The molecule has 1 heterocycles. The van der Waals surface area contributed by atoms with Crippen LogP contribution in [0.1, 0.15) is 59.3 Å². The monoisotopic (exact) mass is 467 g/mol. The van der Waals surface area contributed by atoms with Gasteiger partial charge in [-0.3, -0.25) is 9.89 Å². The average Bonchev–Trinajstić information content (AvgIpc) is 2.59. The number of unbranched alkanes of at least 4 members (excludes halogenated alkanes) is 1. The van der Waals surface area contributed by atoms with Gasteiger partial charge in [-0.1, -0.05) is 13.3 Å². The van der Waals surface area contributed by atoms with Gasteiger partial charge in [-0.2, -0.15) is 0 Å². The standard InChI is InChI=1S/C19H41N5.HI/c1-6-18-11-7-9-15-24(18)16-13-22-19(20-4)21-12-8-10-14-23(5)17(2)3;/h17-18H,6-16H2,1-5H3,(H2,20,21,22);1H. The van der Waals surface area contributed by atoms with E-state index in [1.807, 2.05) is 7.05 Å². The summed E-state index contributed by atoms with van der Waals surface area (Å²) in [5, 5.41) is 6.90. The van der Waals surface area contributed by atoms with Gasteiger partial charge in [-0.15, -0.1) is 24.0 Å². The minimum absolute atomic E-state index is 0. The number of nitrogens with zero attached hydrogens (tertiary/aromatic N) is 3. The molecule has 6 heteroatoms. The highest BCUT2D eigenvalue weighted by Crippen LogP contribution is 2.18. The molecule has 0 aromatic carbocycles. The van der Waals surface area contributed by atoms with Crippen LogP contribution in [0.5, 0.6) is 0 Å². The second-order valence-corrected chi connectivity index (χ2v) is 7.30. The third-order valence-corrected chi connectivity index (χ3v) is 5.25. The van der Waals surface area contributed by atoms with E-state index in [9.17, 15) is 0 Å². The first-order valence-corrected chi connectivity index (χ1v) is 9.97. The van der Waals surface area contributed by atoms with Gasteiger partial charge in [0.1, 0.15) is 0 Å². The van der Waals surface area contributed by atoms with Crippen molar-refractivity contribution in [1.29, 1.82) is 0 Å². The van der Waals surface area contributed by atoms with E-state index in [-0.39, 0.29) is 24.0 Å². The highest BCUT2D eigenvalue weighted by Gasteiger charge is 2.19. The third kappa shape index (κ3) is 10.6. The molecule has 0 radical (unpaired) electrons. The van der Waals surface area contributed by atoms with E-state index in [1.54, 1.807) is 0 Å². The van der Waals surface area contributed by atoms with Crippen LogP contribution in [-0.2, 0) is 0 Å². The number of hydrogen-bond acceptors (Lipinski definition) is 3. The number of hydrogen-bond donors (Lipinski definition) is 2. The fourth-order valence-electron chi connectivity index (χ4n) is 3.31. The highest BCUT2D eigenvalue weighted by atomic mass is 127. The molecule has 0 amide bonds. The molecule has 5 nitrogen and oxygen atoms in total. The minimum Gasteiger partial charge on any atom is -0.356 e. The van der Waals surface area contributed by atoms with Crippen LogP contribution in [0, 0.1) is 0 Å². The Labute approximate surface area is 173 Å². The van der Waals surface area contributed by atoms with Crippen molar-refractivity contribution < 1.29 is 0 Å². The normalized spacial score (nSPS) is 19.2. The lowest BCUT2D eigenvalue weighted by atomic mass is 10.0. The molecular weight excluding hydrogens is 425 g/mol. The molecule has 0 spiro atoms. The van der Waals surface area contributed by atoms with Crippen molar-refractivity contribution in [3.05, 3.63) is 0 Å². The number of piperidine rings is 1. The number of rotatable bonds is 10. The SMILES string of the molecule is CCC1CCCCN1CCNC(=NC)NCCCCN(C)C(C)C.I. The maximum Gasteiger partial charge on any atom is 0.191 e. The van der Waals surface area contributed by atoms with Gasteiger partial charge in [0.05, 0.1) is 0 Å². The Hall–Kier alpha value is -0.0800. The molecule has 1 saturated heterocycles. The van der Waals surface area contributed by atoms with Crippen molar-refractivity contribution in [2.75, 3.05) is 46.8 Å². The number of halogens is 1. The molecule has 2 N–H and O–H groups in total. The summed E-state index contributed by atoms with van der Waals surface area (Å²) in [4.78, 5) is 9.38. The van der Waals surface area contributed by atoms with E-state index in [0.29, 0.717) is 6.04 Å². The van der Waals surface area contributed by atoms with Crippen molar-refractivity contribution in [2.45, 2.75) is 71.4 Å². The Kier molecular flexibility index (Phi) is 15.0. The van der Waals surface area contributed by atoms with Crippen molar-refractivity contribution in [3.63, 3.8) is 0 Å². The fraction of sp³-hybridized carbons (Fsp3) is 0.947. The summed E-state index contributed by atoms with van der Waals surface area (Å²) < 4.78 is 0. The van der Waals surface area contributed by atoms with E-state index in [0.717, 1.165) is 31.6 Å². The first-order valence-electron chi connectivity index (χ1n) is 9.97. The molecule has 1 fully saturated rings. The number of guanidine groups is 1. The predicted molar refractivity (Wildman–Crippen MR) is 121 cm³/mol. The van der Waals surface area contributed by atoms with Crippen LogP contribution in [0.15, 0.2) is 4.99 Å². The lowest BCUT2D eigenvalue weighted by Gasteiger charge is -2.35. The van der Waals surface area contributed by atoms with Gasteiger partial charge < -0.3 is 15.5 Å². The summed E-state index contributed by atoms with van der Waals surface area (Å²) in [5.41, 5.74) is 0. The van der Waals surface area contributed by atoms with E-state index in [2.05, 4.69) is 53.2 Å². The molecule has 0 aromatic heterocycles. The van der Waals surface area contributed by atoms with Crippen LogP contribution in [-0.4, -0.2) is 74.7 Å². The largest absolute Gasteiger partial charge is 0.356 e. The number of nitrogens with one attached hydrogen (secondary N) is 2. The summed E-state index contributed by atoms with van der Waals surface area (Å²) in [6.45, 7) is 12.3. The molecule has 150 valence electrons. The third-order valence-electron chi connectivity index (χ3n) is 5.25. The molecule has 0 bridgehead atoms. The van der Waals surface area contributed by atoms with Crippen LogP contribution in [0.3, 0.4) is 0 Å². The van der Waals surface area contributed by atoms with E-state index in [4.69, 9.17) is 0 Å². The summed E-state index contributed by atoms with van der Waals surface area (Å²) in [5.74, 6) is 0.942. The maximum absolute atomic E-state index is 4.34. The summed E-state index contributed by atoms with van der Waals surface area (Å²) in [6.07, 6.45) is 7.81. The van der Waals surface area contributed by atoms with Gasteiger partial charge in [0.15, 0.2) is 5.96 Å². The van der Waals surface area contributed by atoms with Crippen molar-refractivity contribution in [3.8, 4) is 0 Å². The number of aliphatic imine (C=N–C) groups is 1. The Balaban J connectivity index is 0.00000576. The molecule has 1 unspecified atom stereocenters. The average molecular weight is 467 g/mol. The zero-order valence-corrected chi connectivity index (χ0v) is 19.5. The highest BCUT2D eigenvalue weighted by molar-refractivity contribution is 14.0. The summed E-state index contributed by atoms with van der Waals surface area (Å²) in [7, 11) is 4.06. The van der Waals surface area contributed by atoms with E-state index in [1.165, 1.54) is 51.6 Å². The molecule has 0 aromatic rings. The van der Waals surface area contributed by atoms with Crippen LogP contribution >= 0.6 is 24.0 Å². The molecule has 0 aliphatic carbocycles. The van der Waals surface area contributed by atoms with Crippen molar-refractivity contribution in [2.24, 2.45) is 4.99 Å². The first kappa shape index (κ1) is 24.9. The van der Waals surface area contributed by atoms with Crippen LogP contribution in [0.4, 0.5) is 0 Å². The molecule has 0 saturated carbocycles. The van der Waals surface area contributed by atoms with Gasteiger partial charge >= 0.3 is 0 Å². The summed E-state index contributed by atoms with van der Waals surface area (Å²) in [6, 6.07) is 1.42. The molecule has 1 atom stereocenters. The van der Waals surface area contributed by atoms with Crippen LogP contribution in [0.2, 0.25) is 0 Å². The predicted octanol–water partition coefficient (Wildman–Crippen LogP) is 3.15. The Morgan fingerprint density at radius 1 is 1.20 bits per heavy atom. The molecule has 1 aliphatic rings. The Morgan fingerprint density at radius 3 is 2.56 bits per heavy atom. The molecule has 25 heavy (non-hydrogen) atoms. The van der Waals surface area contributed by atoms with Gasteiger partial charge in [0.25, 0.3) is 0 Å². The fourth-order valence-corrected chi connectivity index (χ4v) is 3.31. The minimum atomic E-state index is 0. The van der Waals surface area contributed by atoms with E-state index >= 15 is 0 Å². The van der Waals surface area contributed by atoms with E-state index < -0.39 is 0 Å². The zero-order valence-electron chi connectivity index (χ0n) is 17.2. The van der Waals surface area contributed by atoms with Crippen LogP contribution in [0.25, 0.3) is 0 Å². The van der Waals surface area contributed by atoms with Crippen LogP contribution < -0.4 is 10.6 Å². The second kappa shape index (κ2) is 15.0. The first-order chi connectivity index (χ1) is 11.6. The smallest absolute Gasteiger partial charge is 0.191 e. The van der Waals surface area contributed by atoms with Gasteiger partial charge in [-0.25, -0.2) is 0 Å². The van der Waals surface area contributed by atoms with Gasteiger partial charge in [0.2, 0.25) is 0 Å². The van der Waals surface area contributed by atoms with Gasteiger partial charge in [-0.05, 0) is 66.1 Å². The molecule has 1 aliphatic heterocycles. The Morgan fingerprint density at radius 2 is 1.92 bits per heavy atom. The molecule has 1 rings (SSSR count). The van der Waals surface area contributed by atoms with Crippen molar-refractivity contribution >= 4 is 29.9 Å². The lowest BCUT2D eigenvalue weighted by molar-refractivity contribution is 0.147. The van der Waals surface area contributed by atoms with Gasteiger partial charge in [0, 0.05) is 38.8 Å². The number of likely N-dealkylation sites (tertiary alicyclic amines) is 1. The lowest BCUT2D eigenvalue weighted by Crippen LogP contribution is -2.46. The summed E-state index contributed by atoms with van der Waals surface area (Å²) >= 11 is 0.